The second-order valence-corrected chi connectivity index (χ2v) is 4.22. The summed E-state index contributed by atoms with van der Waals surface area (Å²) < 4.78 is 10.5. The minimum atomic E-state index is -0.764. The van der Waals surface area contributed by atoms with Crippen molar-refractivity contribution in [3.63, 3.8) is 0 Å². The van der Waals surface area contributed by atoms with Crippen molar-refractivity contribution in [3.8, 4) is 11.5 Å². The van der Waals surface area contributed by atoms with Gasteiger partial charge in [-0.2, -0.15) is 4.98 Å². The van der Waals surface area contributed by atoms with Crippen molar-refractivity contribution >= 4 is 0 Å². The van der Waals surface area contributed by atoms with Crippen molar-refractivity contribution in [2.45, 2.75) is 19.4 Å². The van der Waals surface area contributed by atoms with Crippen molar-refractivity contribution < 1.29 is 9.26 Å². The molecule has 0 amide bonds. The van der Waals surface area contributed by atoms with E-state index in [1.54, 1.807) is 25.4 Å². The number of nitrogens with two attached hydrogens (primary N) is 1. The normalized spacial score (nSPS) is 14.4. The van der Waals surface area contributed by atoms with Crippen LogP contribution >= 0.6 is 0 Å². The molecule has 0 aliphatic carbocycles. The predicted octanol–water partition coefficient (Wildman–Crippen LogP) is 1.34. The lowest BCUT2D eigenvalue weighted by Crippen LogP contribution is -2.39. The standard InChI is InChI=1S/C12H16N4O2/c1-3-17-8-12(2,13)11-15-10(18-16-11)9-5-4-6-14-7-9/h4-7H,3,8,13H2,1-2H3. The van der Waals surface area contributed by atoms with E-state index >= 15 is 0 Å². The Labute approximate surface area is 105 Å². The Morgan fingerprint density at radius 3 is 3.00 bits per heavy atom. The smallest absolute Gasteiger partial charge is 0.259 e. The number of pyridine rings is 1. The van der Waals surface area contributed by atoms with Gasteiger partial charge in [0.15, 0.2) is 5.82 Å². The summed E-state index contributed by atoms with van der Waals surface area (Å²) in [6.45, 7) is 4.66. The van der Waals surface area contributed by atoms with E-state index in [1.807, 2.05) is 13.0 Å². The lowest BCUT2D eigenvalue weighted by molar-refractivity contribution is 0.0962. The summed E-state index contributed by atoms with van der Waals surface area (Å²) in [6, 6.07) is 3.65. The van der Waals surface area contributed by atoms with E-state index in [0.717, 1.165) is 5.56 Å². The van der Waals surface area contributed by atoms with Gasteiger partial charge in [-0.3, -0.25) is 4.98 Å². The zero-order valence-electron chi connectivity index (χ0n) is 10.5. The summed E-state index contributed by atoms with van der Waals surface area (Å²) in [5.41, 5.74) is 6.09. The highest BCUT2D eigenvalue weighted by Crippen LogP contribution is 2.20. The maximum absolute atomic E-state index is 6.09. The van der Waals surface area contributed by atoms with Crippen LogP contribution in [0.3, 0.4) is 0 Å². The van der Waals surface area contributed by atoms with Crippen LogP contribution in [0.15, 0.2) is 29.0 Å². The highest BCUT2D eigenvalue weighted by Gasteiger charge is 2.28. The Kier molecular flexibility index (Phi) is 3.69. The maximum atomic E-state index is 6.09. The van der Waals surface area contributed by atoms with Gasteiger partial charge >= 0.3 is 0 Å². The molecule has 0 radical (unpaired) electrons. The molecule has 0 saturated carbocycles. The quantitative estimate of drug-likeness (QED) is 0.859. The van der Waals surface area contributed by atoms with E-state index in [0.29, 0.717) is 24.9 Å². The van der Waals surface area contributed by atoms with Crippen molar-refractivity contribution in [2.75, 3.05) is 13.2 Å². The first-order valence-electron chi connectivity index (χ1n) is 5.74. The number of hydrogen-bond donors (Lipinski definition) is 1. The molecule has 2 aromatic rings. The molecule has 0 saturated heterocycles. The Balaban J connectivity index is 2.20. The van der Waals surface area contributed by atoms with Crippen LogP contribution in [0.4, 0.5) is 0 Å². The topological polar surface area (TPSA) is 87.1 Å². The van der Waals surface area contributed by atoms with E-state index in [4.69, 9.17) is 15.0 Å². The first-order valence-corrected chi connectivity index (χ1v) is 5.74. The van der Waals surface area contributed by atoms with Gasteiger partial charge in [-0.05, 0) is 26.0 Å². The van der Waals surface area contributed by atoms with Crippen LogP contribution in [0.2, 0.25) is 0 Å². The highest BCUT2D eigenvalue weighted by atomic mass is 16.5. The summed E-state index contributed by atoms with van der Waals surface area (Å²) >= 11 is 0. The van der Waals surface area contributed by atoms with Gasteiger partial charge < -0.3 is 15.0 Å². The summed E-state index contributed by atoms with van der Waals surface area (Å²) in [7, 11) is 0. The van der Waals surface area contributed by atoms with Crippen LogP contribution in [0.1, 0.15) is 19.7 Å². The molecule has 2 N–H and O–H groups in total. The number of ether oxygens (including phenoxy) is 1. The van der Waals surface area contributed by atoms with Crippen LogP contribution in [0, 0.1) is 0 Å². The van der Waals surface area contributed by atoms with E-state index in [2.05, 4.69) is 15.1 Å². The van der Waals surface area contributed by atoms with Crippen LogP contribution in [0.5, 0.6) is 0 Å². The third-order valence-corrected chi connectivity index (χ3v) is 2.45. The Morgan fingerprint density at radius 2 is 2.33 bits per heavy atom. The molecule has 1 unspecified atom stereocenters. The molecule has 6 heteroatoms. The molecule has 0 bridgehead atoms. The number of hydrogen-bond acceptors (Lipinski definition) is 6. The van der Waals surface area contributed by atoms with Gasteiger partial charge in [-0.1, -0.05) is 5.16 Å². The predicted molar refractivity (Wildman–Crippen MR) is 65.6 cm³/mol. The molecular formula is C12H16N4O2. The fraction of sp³-hybridized carbons (Fsp3) is 0.417. The van der Waals surface area contributed by atoms with Gasteiger partial charge in [0, 0.05) is 19.0 Å². The van der Waals surface area contributed by atoms with Gasteiger partial charge in [0.2, 0.25) is 0 Å². The van der Waals surface area contributed by atoms with Gasteiger partial charge in [0.05, 0.1) is 12.2 Å². The molecule has 0 aliphatic rings. The summed E-state index contributed by atoms with van der Waals surface area (Å²) in [5, 5.41) is 3.90. The fourth-order valence-corrected chi connectivity index (χ4v) is 1.44. The van der Waals surface area contributed by atoms with Gasteiger partial charge in [-0.25, -0.2) is 0 Å². The van der Waals surface area contributed by atoms with Crippen molar-refractivity contribution in [3.05, 3.63) is 30.4 Å². The average Bonchev–Trinajstić information content (AvgIpc) is 2.88. The molecule has 0 aromatic carbocycles. The fourth-order valence-electron chi connectivity index (χ4n) is 1.44. The van der Waals surface area contributed by atoms with Crippen LogP contribution < -0.4 is 5.73 Å². The molecule has 2 aromatic heterocycles. The van der Waals surface area contributed by atoms with E-state index in [1.165, 1.54) is 0 Å². The molecule has 0 aliphatic heterocycles. The van der Waals surface area contributed by atoms with Gasteiger partial charge in [0.25, 0.3) is 5.89 Å². The Morgan fingerprint density at radius 1 is 1.50 bits per heavy atom. The molecule has 0 fully saturated rings. The van der Waals surface area contributed by atoms with E-state index < -0.39 is 5.54 Å². The number of nitrogens with zero attached hydrogens (tertiary/aromatic N) is 3. The molecular weight excluding hydrogens is 232 g/mol. The third-order valence-electron chi connectivity index (χ3n) is 2.45. The monoisotopic (exact) mass is 248 g/mol. The second kappa shape index (κ2) is 5.24. The molecule has 6 nitrogen and oxygen atoms in total. The lowest BCUT2D eigenvalue weighted by Gasteiger charge is -2.19. The zero-order valence-corrected chi connectivity index (χ0v) is 10.5. The zero-order chi connectivity index (χ0) is 13.0. The van der Waals surface area contributed by atoms with Crippen molar-refractivity contribution in [1.29, 1.82) is 0 Å². The summed E-state index contributed by atoms with van der Waals surface area (Å²) in [5.74, 6) is 0.834. The minimum absolute atomic E-state index is 0.343. The number of rotatable bonds is 5. The second-order valence-electron chi connectivity index (χ2n) is 4.22. The summed E-state index contributed by atoms with van der Waals surface area (Å²) in [4.78, 5) is 8.28. The molecule has 18 heavy (non-hydrogen) atoms. The van der Waals surface area contributed by atoms with Crippen molar-refractivity contribution in [2.24, 2.45) is 5.73 Å². The third kappa shape index (κ3) is 2.72. The van der Waals surface area contributed by atoms with Gasteiger partial charge in [0.1, 0.15) is 5.54 Å². The van der Waals surface area contributed by atoms with Crippen LogP contribution in [0.25, 0.3) is 11.5 Å². The van der Waals surface area contributed by atoms with Gasteiger partial charge in [-0.15, -0.1) is 0 Å². The first kappa shape index (κ1) is 12.7. The highest BCUT2D eigenvalue weighted by molar-refractivity contribution is 5.50. The lowest BCUT2D eigenvalue weighted by atomic mass is 10.1. The molecule has 1 atom stereocenters. The number of aromatic nitrogens is 3. The maximum Gasteiger partial charge on any atom is 0.259 e. The first-order chi connectivity index (χ1) is 8.63. The molecule has 2 heterocycles. The Hall–Kier alpha value is -1.79. The summed E-state index contributed by atoms with van der Waals surface area (Å²) in [6.07, 6.45) is 3.34. The van der Waals surface area contributed by atoms with E-state index in [9.17, 15) is 0 Å². The van der Waals surface area contributed by atoms with E-state index in [-0.39, 0.29) is 0 Å². The molecule has 96 valence electrons. The van der Waals surface area contributed by atoms with Crippen LogP contribution in [-0.4, -0.2) is 28.3 Å². The minimum Gasteiger partial charge on any atom is -0.379 e. The molecule has 2 rings (SSSR count). The van der Waals surface area contributed by atoms with Crippen molar-refractivity contribution in [1.82, 2.24) is 15.1 Å². The largest absolute Gasteiger partial charge is 0.379 e. The molecule has 0 spiro atoms. The van der Waals surface area contributed by atoms with Crippen LogP contribution in [-0.2, 0) is 10.3 Å². The Bertz CT molecular complexity index is 496. The average molecular weight is 248 g/mol. The SMILES string of the molecule is CCOCC(C)(N)c1noc(-c2cccnc2)n1.